The maximum atomic E-state index is 12.7. The van der Waals surface area contributed by atoms with Gasteiger partial charge in [0.2, 0.25) is 5.91 Å². The number of anilines is 2. The number of hydrogen-bond acceptors (Lipinski definition) is 3. The first-order valence-corrected chi connectivity index (χ1v) is 7.40. The molecule has 5 heteroatoms. The fraction of sp³-hybridized carbons (Fsp3) is 0.500. The third-order valence-electron chi connectivity index (χ3n) is 4.31. The van der Waals surface area contributed by atoms with Crippen LogP contribution >= 0.6 is 0 Å². The Bertz CT molecular complexity index is 563. The van der Waals surface area contributed by atoms with Gasteiger partial charge in [0.1, 0.15) is 12.1 Å². The lowest BCUT2D eigenvalue weighted by molar-refractivity contribution is -0.133. The molecular formula is C16H21N3O2. The van der Waals surface area contributed by atoms with Crippen LogP contribution in [0.25, 0.3) is 0 Å². The fourth-order valence-electron chi connectivity index (χ4n) is 2.80. The van der Waals surface area contributed by atoms with E-state index < -0.39 is 6.04 Å². The van der Waals surface area contributed by atoms with Crippen LogP contribution in [0.5, 0.6) is 0 Å². The Labute approximate surface area is 124 Å². The van der Waals surface area contributed by atoms with E-state index in [1.54, 1.807) is 11.8 Å². The topological polar surface area (TPSA) is 52.7 Å². The molecule has 5 nitrogen and oxygen atoms in total. The average molecular weight is 287 g/mol. The smallest absolute Gasteiger partial charge is 0.250 e. The van der Waals surface area contributed by atoms with Crippen LogP contribution in [0, 0.1) is 5.92 Å². The molecule has 1 aliphatic carbocycles. The first-order chi connectivity index (χ1) is 9.99. The SMILES string of the molecule is CC1C(=O)NC(C2CC2)C(=O)N1c1ccc(N(C)C)cc1. The minimum atomic E-state index is -0.460. The van der Waals surface area contributed by atoms with Gasteiger partial charge in [0.25, 0.3) is 5.91 Å². The van der Waals surface area contributed by atoms with Crippen molar-refractivity contribution in [1.82, 2.24) is 5.32 Å². The quantitative estimate of drug-likeness (QED) is 0.914. The van der Waals surface area contributed by atoms with E-state index in [-0.39, 0.29) is 17.9 Å². The van der Waals surface area contributed by atoms with Gasteiger partial charge >= 0.3 is 0 Å². The van der Waals surface area contributed by atoms with Crippen LogP contribution in [-0.4, -0.2) is 38.0 Å². The molecule has 2 atom stereocenters. The average Bonchev–Trinajstić information content (AvgIpc) is 3.28. The zero-order chi connectivity index (χ0) is 15.1. The molecular weight excluding hydrogens is 266 g/mol. The molecule has 1 saturated carbocycles. The van der Waals surface area contributed by atoms with Crippen molar-refractivity contribution in [3.8, 4) is 0 Å². The van der Waals surface area contributed by atoms with Gasteiger partial charge in [-0.05, 0) is 49.9 Å². The molecule has 1 aromatic carbocycles. The number of benzene rings is 1. The summed E-state index contributed by atoms with van der Waals surface area (Å²) in [5.41, 5.74) is 1.86. The number of amides is 2. The minimum Gasteiger partial charge on any atom is -0.378 e. The Balaban J connectivity index is 1.90. The molecule has 1 aromatic rings. The molecule has 1 heterocycles. The Kier molecular flexibility index (Phi) is 3.35. The van der Waals surface area contributed by atoms with E-state index in [0.29, 0.717) is 5.92 Å². The molecule has 21 heavy (non-hydrogen) atoms. The van der Waals surface area contributed by atoms with Gasteiger partial charge < -0.3 is 10.2 Å². The molecule has 1 aliphatic heterocycles. The molecule has 2 aliphatic rings. The standard InChI is InChI=1S/C16H21N3O2/c1-10-15(20)17-14(11-4-5-11)16(21)19(10)13-8-6-12(7-9-13)18(2)3/h6-11,14H,4-5H2,1-3H3,(H,17,20). The molecule has 0 bridgehead atoms. The maximum Gasteiger partial charge on any atom is 0.250 e. The van der Waals surface area contributed by atoms with E-state index in [1.807, 2.05) is 43.3 Å². The monoisotopic (exact) mass is 287 g/mol. The predicted octanol–water partition coefficient (Wildman–Crippen LogP) is 1.38. The summed E-state index contributed by atoms with van der Waals surface area (Å²) in [7, 11) is 3.94. The summed E-state index contributed by atoms with van der Waals surface area (Å²) in [6.45, 7) is 1.77. The minimum absolute atomic E-state index is 0.0159. The third-order valence-corrected chi connectivity index (χ3v) is 4.31. The largest absolute Gasteiger partial charge is 0.378 e. The van der Waals surface area contributed by atoms with E-state index in [2.05, 4.69) is 5.32 Å². The molecule has 0 aromatic heterocycles. The number of hydrogen-bond donors (Lipinski definition) is 1. The second-order valence-electron chi connectivity index (χ2n) is 6.12. The second kappa shape index (κ2) is 5.06. The molecule has 3 rings (SSSR count). The van der Waals surface area contributed by atoms with Gasteiger partial charge in [0.05, 0.1) is 0 Å². The van der Waals surface area contributed by atoms with Crippen LogP contribution in [0.4, 0.5) is 11.4 Å². The van der Waals surface area contributed by atoms with Crippen LogP contribution in [0.15, 0.2) is 24.3 Å². The summed E-state index contributed by atoms with van der Waals surface area (Å²) in [5, 5.41) is 2.87. The number of carbonyl (C=O) groups is 2. The predicted molar refractivity (Wildman–Crippen MR) is 82.4 cm³/mol. The highest BCUT2D eigenvalue weighted by atomic mass is 16.2. The Morgan fingerprint density at radius 2 is 1.76 bits per heavy atom. The lowest BCUT2D eigenvalue weighted by Crippen LogP contribution is -2.63. The van der Waals surface area contributed by atoms with Crippen molar-refractivity contribution in [3.05, 3.63) is 24.3 Å². The molecule has 1 N–H and O–H groups in total. The highest BCUT2D eigenvalue weighted by Gasteiger charge is 2.45. The summed E-state index contributed by atoms with van der Waals surface area (Å²) in [6, 6.07) is 6.94. The highest BCUT2D eigenvalue weighted by molar-refractivity contribution is 6.08. The van der Waals surface area contributed by atoms with Crippen molar-refractivity contribution < 1.29 is 9.59 Å². The molecule has 0 spiro atoms. The zero-order valence-electron chi connectivity index (χ0n) is 12.7. The van der Waals surface area contributed by atoms with E-state index >= 15 is 0 Å². The zero-order valence-corrected chi connectivity index (χ0v) is 12.7. The molecule has 1 saturated heterocycles. The molecule has 2 unspecified atom stereocenters. The van der Waals surface area contributed by atoms with Gasteiger partial charge in [-0.1, -0.05) is 0 Å². The van der Waals surface area contributed by atoms with Gasteiger partial charge in [-0.3, -0.25) is 14.5 Å². The third kappa shape index (κ3) is 2.48. The van der Waals surface area contributed by atoms with E-state index in [4.69, 9.17) is 0 Å². The second-order valence-corrected chi connectivity index (χ2v) is 6.12. The van der Waals surface area contributed by atoms with Gasteiger partial charge in [-0.15, -0.1) is 0 Å². The number of carbonyl (C=O) groups excluding carboxylic acids is 2. The lowest BCUT2D eigenvalue weighted by atomic mass is 10.0. The summed E-state index contributed by atoms with van der Waals surface area (Å²) in [4.78, 5) is 28.5. The summed E-state index contributed by atoms with van der Waals surface area (Å²) < 4.78 is 0. The van der Waals surface area contributed by atoms with Crippen molar-refractivity contribution in [2.75, 3.05) is 23.9 Å². The maximum absolute atomic E-state index is 12.7. The van der Waals surface area contributed by atoms with Crippen molar-refractivity contribution in [1.29, 1.82) is 0 Å². The molecule has 112 valence electrons. The Morgan fingerprint density at radius 1 is 1.14 bits per heavy atom. The van der Waals surface area contributed by atoms with Crippen LogP contribution in [0.1, 0.15) is 19.8 Å². The van der Waals surface area contributed by atoms with Crippen molar-refractivity contribution in [3.63, 3.8) is 0 Å². The normalized spacial score (nSPS) is 25.8. The number of nitrogens with one attached hydrogen (secondary N) is 1. The molecule has 2 amide bonds. The highest BCUT2D eigenvalue weighted by Crippen LogP contribution is 2.36. The van der Waals surface area contributed by atoms with Crippen molar-refractivity contribution in [2.24, 2.45) is 5.92 Å². The summed E-state index contributed by atoms with van der Waals surface area (Å²) >= 11 is 0. The fourth-order valence-corrected chi connectivity index (χ4v) is 2.80. The van der Waals surface area contributed by atoms with E-state index in [0.717, 1.165) is 24.2 Å². The Morgan fingerprint density at radius 3 is 2.29 bits per heavy atom. The van der Waals surface area contributed by atoms with Crippen molar-refractivity contribution in [2.45, 2.75) is 31.8 Å². The first kappa shape index (κ1) is 13.9. The van der Waals surface area contributed by atoms with Crippen molar-refractivity contribution >= 4 is 23.2 Å². The molecule has 2 fully saturated rings. The molecule has 0 radical (unpaired) electrons. The summed E-state index contributed by atoms with van der Waals surface area (Å²) in [5.74, 6) is 0.267. The van der Waals surface area contributed by atoms with Crippen LogP contribution < -0.4 is 15.1 Å². The van der Waals surface area contributed by atoms with Crippen LogP contribution in [0.3, 0.4) is 0 Å². The summed E-state index contributed by atoms with van der Waals surface area (Å²) in [6.07, 6.45) is 2.05. The van der Waals surface area contributed by atoms with E-state index in [1.165, 1.54) is 0 Å². The van der Waals surface area contributed by atoms with Gasteiger partial charge in [0.15, 0.2) is 0 Å². The first-order valence-electron chi connectivity index (χ1n) is 7.40. The van der Waals surface area contributed by atoms with Crippen LogP contribution in [0.2, 0.25) is 0 Å². The number of nitrogens with zero attached hydrogens (tertiary/aromatic N) is 2. The lowest BCUT2D eigenvalue weighted by Gasteiger charge is -2.37. The van der Waals surface area contributed by atoms with E-state index in [9.17, 15) is 9.59 Å². The Hall–Kier alpha value is -2.04. The van der Waals surface area contributed by atoms with Gasteiger partial charge in [-0.2, -0.15) is 0 Å². The van der Waals surface area contributed by atoms with Crippen LogP contribution in [-0.2, 0) is 9.59 Å². The van der Waals surface area contributed by atoms with Gasteiger partial charge in [-0.25, -0.2) is 0 Å². The number of rotatable bonds is 3. The number of piperazine rings is 1. The van der Waals surface area contributed by atoms with Gasteiger partial charge in [0, 0.05) is 25.5 Å².